The van der Waals surface area contributed by atoms with Crippen LogP contribution >= 0.6 is 0 Å². The maximum absolute atomic E-state index is 0. The Hall–Kier alpha value is 0.685. The molecule has 0 aromatic rings. The molecule has 0 bridgehead atoms. The average Bonchev–Trinajstić information content (AvgIpc) is 0. The van der Waals surface area contributed by atoms with Gasteiger partial charge in [-0.25, -0.2) is 0 Å². The van der Waals surface area contributed by atoms with E-state index in [1.54, 1.807) is 0 Å². The second kappa shape index (κ2) is 460. The summed E-state index contributed by atoms with van der Waals surface area (Å²) < 4.78 is 0. The van der Waals surface area contributed by atoms with Gasteiger partial charge in [-0.1, -0.05) is 0 Å². The Bertz CT molecular complexity index is 8.04. The molecule has 0 aromatic carbocycles. The molecule has 0 atom stereocenters. The van der Waals surface area contributed by atoms with Crippen molar-refractivity contribution in [3.8, 4) is 0 Å². The van der Waals surface area contributed by atoms with E-state index < -0.39 is 0 Å². The Morgan fingerprint density at radius 3 is 0.429 bits per heavy atom. The molecule has 0 aromatic heterocycles. The Labute approximate surface area is 59.4 Å². The third-order valence-electron chi connectivity index (χ3n) is 0. The van der Waals surface area contributed by atoms with Crippen LogP contribution in [0.4, 0.5) is 23.5 Å². The maximum Gasteiger partial charge on any atom is -0.0149 e. The topological polar surface area (TPSA) is 0 Å². The molecule has 0 rings (SSSR count). The molecule has 0 amide bonds. The van der Waals surface area contributed by atoms with E-state index >= 15 is 0 Å². The number of hydrogen-bond acceptors (Lipinski definition) is 0. The van der Waals surface area contributed by atoms with Crippen LogP contribution in [0.15, 0.2) is 0 Å². The first-order valence-electron chi connectivity index (χ1n) is 0. The van der Waals surface area contributed by atoms with Gasteiger partial charge in [0.1, 0.15) is 0 Å². The quantitative estimate of drug-likeness (QED) is 0.352. The molecule has 0 radical (unpaired) electrons. The Kier molecular flexibility index (Phi) is 48100. The maximum atomic E-state index is 0. The van der Waals surface area contributed by atoms with Crippen molar-refractivity contribution in [1.29, 1.82) is 0 Å². The fourth-order valence-corrected chi connectivity index (χ4v) is 0. The molecule has 0 unspecified atom stereocenters. The summed E-state index contributed by atoms with van der Waals surface area (Å²) >= 11 is 0. The molecular formula is H12F5SbSi. The number of rotatable bonds is 0. The van der Waals surface area contributed by atoms with Crippen LogP contribution in [-0.2, 0) is 0 Å². The minimum Gasteiger partial charge on any atom is -0.0149 e. The van der Waals surface area contributed by atoms with E-state index in [0.29, 0.717) is 0 Å². The first kappa shape index (κ1) is 732. The van der Waals surface area contributed by atoms with Gasteiger partial charge in [-0.2, -0.15) is 0 Å². The fraction of sp³-hybridized carbons (Fsp3) is 0. The zero-order valence-corrected chi connectivity index (χ0v) is 6.78. The zero-order valence-electron chi connectivity index (χ0n) is 2.75. The van der Waals surface area contributed by atoms with Crippen molar-refractivity contribution in [2.45, 2.75) is 0 Å². The van der Waals surface area contributed by atoms with Gasteiger partial charge in [0, 0.05) is 0 Å². The Balaban J connectivity index is 0. The van der Waals surface area contributed by atoms with Crippen LogP contribution < -0.4 is 0 Å². The molecule has 7 heteroatoms. The molecule has 0 heterocycles. The van der Waals surface area contributed by atoms with E-state index in [1.165, 1.54) is 0 Å². The monoisotopic (exact) mass is 256 g/mol. The summed E-state index contributed by atoms with van der Waals surface area (Å²) in [6.45, 7) is 0. The van der Waals surface area contributed by atoms with Crippen LogP contribution in [-0.4, -0.2) is 35.4 Å². The van der Waals surface area contributed by atoms with E-state index in [1.807, 2.05) is 0 Å². The smallest absolute Gasteiger partial charge is 0.0149 e. The van der Waals surface area contributed by atoms with Gasteiger partial charge < -0.3 is 0 Å². The molecule has 0 aliphatic carbocycles. The second-order valence-corrected chi connectivity index (χ2v) is 0. The van der Waals surface area contributed by atoms with Gasteiger partial charge in [-0.15, -0.1) is 0 Å². The van der Waals surface area contributed by atoms with Crippen molar-refractivity contribution in [1.82, 2.24) is 0 Å². The average molecular weight is 257 g/mol. The molecule has 56 valence electrons. The molecule has 0 aliphatic rings. The third-order valence-corrected chi connectivity index (χ3v) is 0. The summed E-state index contributed by atoms with van der Waals surface area (Å²) in [5.41, 5.74) is 0. The van der Waals surface area contributed by atoms with Crippen LogP contribution in [0.25, 0.3) is 0 Å². The minimum atomic E-state index is 0. The van der Waals surface area contributed by atoms with Crippen molar-refractivity contribution in [2.24, 2.45) is 0 Å². The first-order chi connectivity index (χ1) is 0. The zero-order chi connectivity index (χ0) is 0. The van der Waals surface area contributed by atoms with Crippen molar-refractivity contribution in [3.05, 3.63) is 0 Å². The Morgan fingerprint density at radius 2 is 0.429 bits per heavy atom. The minimum absolute atomic E-state index is 0. The Morgan fingerprint density at radius 1 is 0.429 bits per heavy atom. The van der Waals surface area contributed by atoms with E-state index in [2.05, 4.69) is 0 Å². The molecule has 0 spiro atoms. The summed E-state index contributed by atoms with van der Waals surface area (Å²) in [6.07, 6.45) is 0. The molecule has 0 N–H and O–H groups in total. The van der Waals surface area contributed by atoms with Crippen LogP contribution in [0.2, 0.25) is 0 Å². The predicted molar refractivity (Wildman–Crippen MR) is 33.8 cm³/mol. The summed E-state index contributed by atoms with van der Waals surface area (Å²) in [7, 11) is 0. The van der Waals surface area contributed by atoms with E-state index in [0.717, 1.165) is 0 Å². The van der Waals surface area contributed by atoms with Gasteiger partial charge in [0.05, 0.1) is 0 Å². The van der Waals surface area contributed by atoms with Gasteiger partial charge >= 0.3 is 24.4 Å². The van der Waals surface area contributed by atoms with Gasteiger partial charge in [-0.05, 0) is 11.0 Å². The predicted octanol–water partition coefficient (Wildman–Crippen LogP) is -1.87. The largest absolute Gasteiger partial charge is 0.0149 e. The molecule has 0 saturated heterocycles. The molecule has 0 fully saturated rings. The van der Waals surface area contributed by atoms with Gasteiger partial charge in [0.25, 0.3) is 0 Å². The number of hydrogen-bond donors (Lipinski definition) is 0. The molecular weight excluding hydrogens is 245 g/mol. The van der Waals surface area contributed by atoms with E-state index in [-0.39, 0.29) is 58.9 Å². The standard InChI is InChI=1S/5FH.Sb.H4Si.3H/h5*1H;;1H4;;;. The van der Waals surface area contributed by atoms with Crippen LogP contribution in [0, 0.1) is 0 Å². The fourth-order valence-electron chi connectivity index (χ4n) is 0. The number of halogens is 5. The summed E-state index contributed by atoms with van der Waals surface area (Å²) in [4.78, 5) is 0. The first-order valence-corrected chi connectivity index (χ1v) is 0. The van der Waals surface area contributed by atoms with E-state index in [4.69, 9.17) is 0 Å². The van der Waals surface area contributed by atoms with Crippen molar-refractivity contribution in [3.63, 3.8) is 0 Å². The summed E-state index contributed by atoms with van der Waals surface area (Å²) in [5, 5.41) is 0. The SMILES string of the molecule is F.F.F.F.F.[SbH3].[SiH4]. The van der Waals surface area contributed by atoms with Crippen molar-refractivity contribution in [2.75, 3.05) is 0 Å². The molecule has 0 saturated carbocycles. The van der Waals surface area contributed by atoms with E-state index in [9.17, 15) is 0 Å². The molecule has 0 aliphatic heterocycles. The van der Waals surface area contributed by atoms with Crippen LogP contribution in [0.3, 0.4) is 0 Å². The summed E-state index contributed by atoms with van der Waals surface area (Å²) in [6, 6.07) is 0. The molecule has 7 heavy (non-hydrogen) atoms. The van der Waals surface area contributed by atoms with Gasteiger partial charge in [0.15, 0.2) is 0 Å². The third kappa shape index (κ3) is 313. The molecule has 0 nitrogen and oxygen atoms in total. The van der Waals surface area contributed by atoms with Crippen LogP contribution in [0.1, 0.15) is 0 Å². The normalized spacial score (nSPS) is 0. The van der Waals surface area contributed by atoms with Gasteiger partial charge in [0.2, 0.25) is 0 Å². The summed E-state index contributed by atoms with van der Waals surface area (Å²) in [5.74, 6) is 0. The van der Waals surface area contributed by atoms with Crippen molar-refractivity contribution < 1.29 is 23.5 Å². The van der Waals surface area contributed by atoms with Crippen LogP contribution in [0.5, 0.6) is 0 Å². The van der Waals surface area contributed by atoms with Crippen molar-refractivity contribution >= 4 is 35.4 Å². The second-order valence-electron chi connectivity index (χ2n) is 0. The van der Waals surface area contributed by atoms with Gasteiger partial charge in [-0.3, -0.25) is 23.5 Å².